The van der Waals surface area contributed by atoms with Crippen LogP contribution >= 0.6 is 0 Å². The number of nitrogens with one attached hydrogen (secondary N) is 3. The Hall–Kier alpha value is -0.780. The lowest BCUT2D eigenvalue weighted by Gasteiger charge is -2.26. The number of hydrogen-bond acceptors (Lipinski definition) is 5. The average Bonchev–Trinajstić information content (AvgIpc) is 2.27. The van der Waals surface area contributed by atoms with E-state index in [4.69, 9.17) is 0 Å². The maximum absolute atomic E-state index is 11.8. The van der Waals surface area contributed by atoms with Crippen molar-refractivity contribution in [2.24, 2.45) is 0 Å². The van der Waals surface area contributed by atoms with Crippen LogP contribution in [-0.4, -0.2) is 44.4 Å². The molecule has 5 nitrogen and oxygen atoms in total. The lowest BCUT2D eigenvalue weighted by atomic mass is 9.99. The van der Waals surface area contributed by atoms with Crippen LogP contribution in [0.3, 0.4) is 0 Å². The van der Waals surface area contributed by atoms with E-state index in [-0.39, 0.29) is 24.0 Å². The predicted molar refractivity (Wildman–Crippen MR) is 64.3 cm³/mol. The molecule has 16 heavy (non-hydrogen) atoms. The summed E-state index contributed by atoms with van der Waals surface area (Å²) in [4.78, 5) is 23.4. The molecule has 0 rings (SSSR count). The Morgan fingerprint density at radius 2 is 1.69 bits per heavy atom. The summed E-state index contributed by atoms with van der Waals surface area (Å²) >= 11 is 0. The molecular formula is C11H23N3O2. The third-order valence-corrected chi connectivity index (χ3v) is 2.94. The van der Waals surface area contributed by atoms with Gasteiger partial charge in [-0.15, -0.1) is 0 Å². The van der Waals surface area contributed by atoms with Gasteiger partial charge in [0, 0.05) is 12.5 Å². The van der Waals surface area contributed by atoms with E-state index < -0.39 is 5.66 Å². The Bertz CT molecular complexity index is 250. The number of ketones is 2. The van der Waals surface area contributed by atoms with Crippen LogP contribution in [0.4, 0.5) is 0 Å². The van der Waals surface area contributed by atoms with E-state index in [9.17, 15) is 9.59 Å². The maximum atomic E-state index is 11.8. The van der Waals surface area contributed by atoms with Crippen molar-refractivity contribution >= 4 is 11.6 Å². The highest BCUT2D eigenvalue weighted by Gasteiger charge is 2.30. The predicted octanol–water partition coefficient (Wildman–Crippen LogP) is -0.332. The number of carbonyl (C=O) groups excluding carboxylic acids is 2. The third-order valence-electron chi connectivity index (χ3n) is 2.94. The zero-order valence-corrected chi connectivity index (χ0v) is 10.8. The summed E-state index contributed by atoms with van der Waals surface area (Å²) in [5.74, 6) is -0.172. The van der Waals surface area contributed by atoms with E-state index in [1.165, 1.54) is 0 Å². The molecule has 0 amide bonds. The average molecular weight is 229 g/mol. The van der Waals surface area contributed by atoms with Crippen molar-refractivity contribution in [3.63, 3.8) is 0 Å². The Labute approximate surface area is 97.4 Å². The molecule has 1 unspecified atom stereocenters. The molecule has 0 aliphatic heterocycles. The Kier molecular flexibility index (Phi) is 6.40. The number of rotatable bonds is 8. The topological polar surface area (TPSA) is 70.2 Å². The summed E-state index contributed by atoms with van der Waals surface area (Å²) in [5, 5.41) is 8.72. The zero-order chi connectivity index (χ0) is 12.8. The summed E-state index contributed by atoms with van der Waals surface area (Å²) in [7, 11) is 5.18. The molecule has 0 heterocycles. The lowest BCUT2D eigenvalue weighted by Crippen LogP contribution is -2.58. The molecule has 0 aromatic heterocycles. The first-order valence-electron chi connectivity index (χ1n) is 5.49. The van der Waals surface area contributed by atoms with Gasteiger partial charge in [0.25, 0.3) is 0 Å². The SMILES string of the molecule is CNC(C)CC(=O)CC(=O)C(C)(NC)NC. The molecule has 0 spiro atoms. The number of likely N-dealkylation sites (N-methyl/N-ethyl adjacent to an activating group) is 2. The first-order valence-corrected chi connectivity index (χ1v) is 5.49. The molecule has 0 aromatic rings. The van der Waals surface area contributed by atoms with Crippen LogP contribution in [0.2, 0.25) is 0 Å². The van der Waals surface area contributed by atoms with Crippen molar-refractivity contribution < 1.29 is 9.59 Å². The molecule has 0 bridgehead atoms. The molecule has 0 aliphatic carbocycles. The molecule has 0 saturated heterocycles. The monoisotopic (exact) mass is 229 g/mol. The van der Waals surface area contributed by atoms with Crippen LogP contribution in [-0.2, 0) is 9.59 Å². The molecule has 1 atom stereocenters. The van der Waals surface area contributed by atoms with E-state index in [0.717, 1.165) is 0 Å². The zero-order valence-electron chi connectivity index (χ0n) is 10.8. The smallest absolute Gasteiger partial charge is 0.174 e. The molecule has 0 aliphatic rings. The van der Waals surface area contributed by atoms with Gasteiger partial charge in [-0.3, -0.25) is 20.2 Å². The Morgan fingerprint density at radius 3 is 2.06 bits per heavy atom. The van der Waals surface area contributed by atoms with Crippen molar-refractivity contribution in [2.75, 3.05) is 21.1 Å². The van der Waals surface area contributed by atoms with E-state index in [0.29, 0.717) is 6.42 Å². The van der Waals surface area contributed by atoms with Gasteiger partial charge in [-0.2, -0.15) is 0 Å². The summed E-state index contributed by atoms with van der Waals surface area (Å²) in [6.45, 7) is 3.64. The van der Waals surface area contributed by atoms with E-state index in [1.54, 1.807) is 28.1 Å². The highest BCUT2D eigenvalue weighted by Crippen LogP contribution is 2.05. The largest absolute Gasteiger partial charge is 0.317 e. The fourth-order valence-electron chi connectivity index (χ4n) is 1.28. The molecule has 0 radical (unpaired) electrons. The van der Waals surface area contributed by atoms with Gasteiger partial charge in [0.1, 0.15) is 11.4 Å². The quantitative estimate of drug-likeness (QED) is 0.393. The van der Waals surface area contributed by atoms with Gasteiger partial charge in [-0.05, 0) is 35.0 Å². The van der Waals surface area contributed by atoms with Crippen LogP contribution in [0.15, 0.2) is 0 Å². The molecule has 3 N–H and O–H groups in total. The van der Waals surface area contributed by atoms with Crippen LogP contribution in [0.5, 0.6) is 0 Å². The second kappa shape index (κ2) is 6.73. The first-order chi connectivity index (χ1) is 7.39. The van der Waals surface area contributed by atoms with Crippen LogP contribution < -0.4 is 16.0 Å². The second-order valence-corrected chi connectivity index (χ2v) is 4.16. The van der Waals surface area contributed by atoms with Gasteiger partial charge < -0.3 is 5.32 Å². The van der Waals surface area contributed by atoms with Crippen LogP contribution in [0, 0.1) is 0 Å². The van der Waals surface area contributed by atoms with E-state index in [1.807, 2.05) is 6.92 Å². The van der Waals surface area contributed by atoms with E-state index in [2.05, 4.69) is 16.0 Å². The minimum atomic E-state index is -0.821. The van der Waals surface area contributed by atoms with Gasteiger partial charge in [0.2, 0.25) is 0 Å². The van der Waals surface area contributed by atoms with Gasteiger partial charge in [0.05, 0.1) is 6.42 Å². The van der Waals surface area contributed by atoms with Crippen molar-refractivity contribution in [1.82, 2.24) is 16.0 Å². The molecule has 0 aromatic carbocycles. The van der Waals surface area contributed by atoms with Gasteiger partial charge >= 0.3 is 0 Å². The minimum Gasteiger partial charge on any atom is -0.317 e. The third kappa shape index (κ3) is 4.38. The fourth-order valence-corrected chi connectivity index (χ4v) is 1.28. The number of Topliss-reactive ketones (excluding diaryl/α,β-unsaturated/α-hetero) is 2. The van der Waals surface area contributed by atoms with Crippen LogP contribution in [0.1, 0.15) is 26.7 Å². The Balaban J connectivity index is 4.29. The van der Waals surface area contributed by atoms with Gasteiger partial charge in [-0.1, -0.05) is 0 Å². The summed E-state index contributed by atoms with van der Waals surface area (Å²) < 4.78 is 0. The van der Waals surface area contributed by atoms with Crippen molar-refractivity contribution in [3.05, 3.63) is 0 Å². The highest BCUT2D eigenvalue weighted by atomic mass is 16.2. The fraction of sp³-hybridized carbons (Fsp3) is 0.818. The maximum Gasteiger partial charge on any atom is 0.174 e. The van der Waals surface area contributed by atoms with Crippen molar-refractivity contribution in [1.29, 1.82) is 0 Å². The summed E-state index contributed by atoms with van der Waals surface area (Å²) in [5.41, 5.74) is -0.821. The molecule has 94 valence electrons. The molecule has 5 heteroatoms. The van der Waals surface area contributed by atoms with E-state index >= 15 is 0 Å². The summed E-state index contributed by atoms with van der Waals surface area (Å²) in [6, 6.07) is 0.107. The second-order valence-electron chi connectivity index (χ2n) is 4.16. The normalized spacial score (nSPS) is 13.6. The molecule has 0 fully saturated rings. The number of hydrogen-bond donors (Lipinski definition) is 3. The van der Waals surface area contributed by atoms with Crippen molar-refractivity contribution in [2.45, 2.75) is 38.4 Å². The highest BCUT2D eigenvalue weighted by molar-refractivity contribution is 6.03. The molecule has 0 saturated carbocycles. The van der Waals surface area contributed by atoms with Crippen LogP contribution in [0.25, 0.3) is 0 Å². The lowest BCUT2D eigenvalue weighted by molar-refractivity contribution is -0.131. The Morgan fingerprint density at radius 1 is 1.19 bits per heavy atom. The van der Waals surface area contributed by atoms with Gasteiger partial charge in [0.15, 0.2) is 5.78 Å². The summed E-state index contributed by atoms with van der Waals surface area (Å²) in [6.07, 6.45) is 0.343. The minimum absolute atomic E-state index is 0.0375. The standard InChI is InChI=1S/C11H23N3O2/c1-8(12-3)6-9(15)7-10(16)11(2,13-4)14-5/h8,12-14H,6-7H2,1-5H3. The number of carbonyl (C=O) groups is 2. The molecular weight excluding hydrogens is 206 g/mol. The van der Waals surface area contributed by atoms with Gasteiger partial charge in [-0.25, -0.2) is 0 Å². The first kappa shape index (κ1) is 15.2. The van der Waals surface area contributed by atoms with Crippen molar-refractivity contribution in [3.8, 4) is 0 Å².